The summed E-state index contributed by atoms with van der Waals surface area (Å²) in [7, 11) is 0. The Hall–Kier alpha value is -5.86. The molecule has 0 atom stereocenters. The molecule has 0 bridgehead atoms. The monoisotopic (exact) mass is 578 g/mol. The minimum absolute atomic E-state index is 1.12. The van der Waals surface area contributed by atoms with Crippen LogP contribution in [-0.2, 0) is 0 Å². The Morgan fingerprint density at radius 3 is 1.40 bits per heavy atom. The smallest absolute Gasteiger partial charge is 0.0540 e. The molecule has 0 amide bonds. The van der Waals surface area contributed by atoms with Gasteiger partial charge < -0.3 is 9.80 Å². The zero-order chi connectivity index (χ0) is 30.4. The highest BCUT2D eigenvalue weighted by molar-refractivity contribution is 5.99. The third kappa shape index (κ3) is 6.00. The Balaban J connectivity index is 1.16. The minimum atomic E-state index is 1.12. The van der Waals surface area contributed by atoms with Gasteiger partial charge in [-0.05, 0) is 89.7 Å². The molecule has 0 aliphatic heterocycles. The lowest BCUT2D eigenvalue weighted by molar-refractivity contribution is 1.26. The fraction of sp³-hybridized carbons (Fsp3) is 0.0233. The first-order valence-corrected chi connectivity index (χ1v) is 15.4. The predicted octanol–water partition coefficient (Wildman–Crippen LogP) is 12.3. The van der Waals surface area contributed by atoms with Crippen LogP contribution in [-0.4, -0.2) is 0 Å². The van der Waals surface area contributed by atoms with Crippen LogP contribution in [0.5, 0.6) is 0 Å². The van der Waals surface area contributed by atoms with E-state index in [9.17, 15) is 0 Å². The third-order valence-electron chi connectivity index (χ3n) is 8.16. The molecule has 0 aromatic heterocycles. The summed E-state index contributed by atoms with van der Waals surface area (Å²) in [6.45, 7) is 2.18. The Morgan fingerprint density at radius 1 is 0.356 bits per heavy atom. The highest BCUT2D eigenvalue weighted by atomic mass is 15.1. The lowest BCUT2D eigenvalue weighted by Crippen LogP contribution is -2.11. The minimum Gasteiger partial charge on any atom is -0.311 e. The van der Waals surface area contributed by atoms with Crippen LogP contribution in [0.25, 0.3) is 22.9 Å². The van der Waals surface area contributed by atoms with E-state index in [1.54, 1.807) is 0 Å². The van der Waals surface area contributed by atoms with Gasteiger partial charge >= 0.3 is 0 Å². The number of benzene rings is 7. The van der Waals surface area contributed by atoms with Crippen LogP contribution >= 0.6 is 0 Å². The van der Waals surface area contributed by atoms with Gasteiger partial charge in [0.25, 0.3) is 0 Å². The molecule has 0 saturated heterocycles. The molecule has 45 heavy (non-hydrogen) atoms. The first-order valence-electron chi connectivity index (χ1n) is 15.4. The predicted molar refractivity (Wildman–Crippen MR) is 193 cm³/mol. The van der Waals surface area contributed by atoms with Crippen molar-refractivity contribution in [2.75, 3.05) is 9.80 Å². The van der Waals surface area contributed by atoms with E-state index in [-0.39, 0.29) is 0 Å². The summed E-state index contributed by atoms with van der Waals surface area (Å²) < 4.78 is 0. The number of hydrogen-bond acceptors (Lipinski definition) is 2. The van der Waals surface area contributed by atoms with Gasteiger partial charge in [-0.1, -0.05) is 127 Å². The number of hydrogen-bond donors (Lipinski definition) is 0. The normalized spacial score (nSPS) is 11.1. The van der Waals surface area contributed by atoms with Gasteiger partial charge in [-0.15, -0.1) is 0 Å². The van der Waals surface area contributed by atoms with Crippen molar-refractivity contribution in [1.82, 2.24) is 0 Å². The third-order valence-corrected chi connectivity index (χ3v) is 8.16. The number of nitrogens with zero attached hydrogens (tertiary/aromatic N) is 2. The SMILES string of the molecule is Cc1ccccc1N(c1ccc(/C=C/c2ccc(N(c3ccccc3)c3ccccc3)cc2)cc1)c1cccc2ccccc12. The van der Waals surface area contributed by atoms with Crippen molar-refractivity contribution >= 4 is 57.0 Å². The summed E-state index contributed by atoms with van der Waals surface area (Å²) in [5.41, 5.74) is 10.4. The number of anilines is 6. The molecule has 0 aliphatic carbocycles. The summed E-state index contributed by atoms with van der Waals surface area (Å²) in [5, 5.41) is 2.46. The molecule has 0 saturated carbocycles. The summed E-state index contributed by atoms with van der Waals surface area (Å²) >= 11 is 0. The summed E-state index contributed by atoms with van der Waals surface area (Å²) in [4.78, 5) is 4.65. The Kier molecular flexibility index (Phi) is 7.94. The van der Waals surface area contributed by atoms with Crippen LogP contribution in [0, 0.1) is 6.92 Å². The van der Waals surface area contributed by atoms with E-state index in [1.165, 1.54) is 27.7 Å². The first-order chi connectivity index (χ1) is 22.2. The standard InChI is InChI=1S/C43H34N2/c1-33-13-8-11-21-42(33)45(43-22-12-15-36-14-9-10-20-41(36)43)40-31-27-35(28-32-40)24-23-34-25-29-39(30-26-34)44(37-16-4-2-5-17-37)38-18-6-3-7-19-38/h2-32H,1H3/b24-23+. The van der Waals surface area contributed by atoms with E-state index in [4.69, 9.17) is 0 Å². The quantitative estimate of drug-likeness (QED) is 0.166. The van der Waals surface area contributed by atoms with Gasteiger partial charge in [0.15, 0.2) is 0 Å². The topological polar surface area (TPSA) is 6.48 Å². The van der Waals surface area contributed by atoms with Crippen molar-refractivity contribution in [2.45, 2.75) is 6.92 Å². The van der Waals surface area contributed by atoms with Gasteiger partial charge in [0.2, 0.25) is 0 Å². The van der Waals surface area contributed by atoms with E-state index in [2.05, 4.69) is 205 Å². The molecule has 2 heteroatoms. The summed E-state index contributed by atoms with van der Waals surface area (Å²) in [6, 6.07) is 62.3. The maximum Gasteiger partial charge on any atom is 0.0540 e. The number of para-hydroxylation sites is 3. The molecule has 0 radical (unpaired) electrons. The van der Waals surface area contributed by atoms with Gasteiger partial charge in [0.1, 0.15) is 0 Å². The highest BCUT2D eigenvalue weighted by Crippen LogP contribution is 2.40. The number of rotatable bonds is 8. The molecule has 0 heterocycles. The molecule has 2 nitrogen and oxygen atoms in total. The maximum absolute atomic E-state index is 2.37. The van der Waals surface area contributed by atoms with E-state index >= 15 is 0 Å². The van der Waals surface area contributed by atoms with Crippen molar-refractivity contribution in [1.29, 1.82) is 0 Å². The Morgan fingerprint density at radius 2 is 0.800 bits per heavy atom. The molecule has 216 valence electrons. The average molecular weight is 579 g/mol. The lowest BCUT2D eigenvalue weighted by Gasteiger charge is -2.28. The lowest BCUT2D eigenvalue weighted by atomic mass is 10.0. The van der Waals surface area contributed by atoms with Crippen LogP contribution in [0.15, 0.2) is 176 Å². The van der Waals surface area contributed by atoms with Crippen molar-refractivity contribution in [3.63, 3.8) is 0 Å². The zero-order valence-corrected chi connectivity index (χ0v) is 25.3. The second kappa shape index (κ2) is 12.8. The first kappa shape index (κ1) is 27.9. The number of fused-ring (bicyclic) bond motifs is 1. The number of aryl methyl sites for hydroxylation is 1. The molecule has 0 aliphatic rings. The molecule has 7 rings (SSSR count). The molecule has 0 fully saturated rings. The molecular formula is C43H34N2. The molecule has 0 N–H and O–H groups in total. The van der Waals surface area contributed by atoms with Crippen LogP contribution < -0.4 is 9.80 Å². The Bertz CT molecular complexity index is 2000. The van der Waals surface area contributed by atoms with Gasteiger partial charge in [0.05, 0.1) is 5.69 Å². The van der Waals surface area contributed by atoms with Crippen molar-refractivity contribution < 1.29 is 0 Å². The van der Waals surface area contributed by atoms with Crippen LogP contribution in [0.1, 0.15) is 16.7 Å². The molecule has 0 unspecified atom stereocenters. The van der Waals surface area contributed by atoms with Crippen molar-refractivity contribution in [3.8, 4) is 0 Å². The maximum atomic E-state index is 2.37. The van der Waals surface area contributed by atoms with E-state index in [0.717, 1.165) is 33.9 Å². The van der Waals surface area contributed by atoms with Crippen LogP contribution in [0.4, 0.5) is 34.1 Å². The van der Waals surface area contributed by atoms with E-state index in [1.807, 2.05) is 0 Å². The second-order valence-corrected chi connectivity index (χ2v) is 11.1. The van der Waals surface area contributed by atoms with Crippen molar-refractivity contribution in [3.05, 3.63) is 193 Å². The molecule has 7 aromatic carbocycles. The van der Waals surface area contributed by atoms with Gasteiger partial charge in [-0.25, -0.2) is 0 Å². The van der Waals surface area contributed by atoms with E-state index < -0.39 is 0 Å². The second-order valence-electron chi connectivity index (χ2n) is 11.1. The largest absolute Gasteiger partial charge is 0.311 e. The molecular weight excluding hydrogens is 544 g/mol. The fourth-order valence-electron chi connectivity index (χ4n) is 5.89. The van der Waals surface area contributed by atoms with Crippen molar-refractivity contribution in [2.24, 2.45) is 0 Å². The zero-order valence-electron chi connectivity index (χ0n) is 25.3. The van der Waals surface area contributed by atoms with Gasteiger partial charge in [0, 0.05) is 33.8 Å². The molecule has 0 spiro atoms. The van der Waals surface area contributed by atoms with Crippen LogP contribution in [0.3, 0.4) is 0 Å². The molecule has 7 aromatic rings. The van der Waals surface area contributed by atoms with E-state index in [0.29, 0.717) is 0 Å². The highest BCUT2D eigenvalue weighted by Gasteiger charge is 2.16. The van der Waals surface area contributed by atoms with Crippen LogP contribution in [0.2, 0.25) is 0 Å². The average Bonchev–Trinajstić information content (AvgIpc) is 3.11. The summed E-state index contributed by atoms with van der Waals surface area (Å²) in [5.74, 6) is 0. The van der Waals surface area contributed by atoms with Gasteiger partial charge in [-0.2, -0.15) is 0 Å². The fourth-order valence-corrected chi connectivity index (χ4v) is 5.89. The summed E-state index contributed by atoms with van der Waals surface area (Å²) in [6.07, 6.45) is 4.36. The van der Waals surface area contributed by atoms with Gasteiger partial charge in [-0.3, -0.25) is 0 Å². The Labute approximate surface area is 265 Å².